The van der Waals surface area contributed by atoms with E-state index in [1.165, 1.54) is 11.0 Å². The first-order chi connectivity index (χ1) is 14.3. The van der Waals surface area contributed by atoms with Gasteiger partial charge in [-0.05, 0) is 55.4 Å². The minimum Gasteiger partial charge on any atom is -0.324 e. The molecule has 2 aliphatic carbocycles. The van der Waals surface area contributed by atoms with Gasteiger partial charge in [-0.1, -0.05) is 23.7 Å². The minimum atomic E-state index is -1.05. The number of fused-ring (bicyclic) bond motifs is 1. The molecule has 30 heavy (non-hydrogen) atoms. The van der Waals surface area contributed by atoms with Gasteiger partial charge in [0.05, 0.1) is 0 Å². The Balaban J connectivity index is 1.39. The van der Waals surface area contributed by atoms with Crippen LogP contribution in [0.15, 0.2) is 47.5 Å². The number of carbonyl (C=O) groups is 2. The summed E-state index contributed by atoms with van der Waals surface area (Å²) in [5.41, 5.74) is 0.402. The topological polar surface area (TPSA) is 61.8 Å². The van der Waals surface area contributed by atoms with E-state index in [1.807, 2.05) is 0 Å². The van der Waals surface area contributed by atoms with E-state index in [1.54, 1.807) is 24.3 Å². The van der Waals surface area contributed by atoms with Gasteiger partial charge in [-0.25, -0.2) is 8.78 Å². The summed E-state index contributed by atoms with van der Waals surface area (Å²) in [7, 11) is 0. The summed E-state index contributed by atoms with van der Waals surface area (Å²) >= 11 is 5.96. The molecular formula is C22H18ClF2N3O2. The number of rotatable bonds is 4. The average Bonchev–Trinajstić information content (AvgIpc) is 3.25. The van der Waals surface area contributed by atoms with Gasteiger partial charge in [0, 0.05) is 22.3 Å². The van der Waals surface area contributed by atoms with Crippen molar-refractivity contribution in [2.24, 2.45) is 16.8 Å². The molecule has 1 N–H and O–H groups in total. The van der Waals surface area contributed by atoms with Crippen molar-refractivity contribution in [1.29, 1.82) is 0 Å². The molecule has 3 aliphatic rings. The van der Waals surface area contributed by atoms with Crippen molar-refractivity contribution in [2.75, 3.05) is 11.9 Å². The molecule has 1 heterocycles. The third kappa shape index (κ3) is 3.27. The molecule has 154 valence electrons. The second-order valence-electron chi connectivity index (χ2n) is 8.18. The predicted octanol–water partition coefficient (Wildman–Crippen LogP) is 4.01. The monoisotopic (exact) mass is 429 g/mol. The zero-order valence-corrected chi connectivity index (χ0v) is 16.6. The Hall–Kier alpha value is -2.80. The number of halogens is 3. The van der Waals surface area contributed by atoms with Crippen molar-refractivity contribution < 1.29 is 18.4 Å². The lowest BCUT2D eigenvalue weighted by molar-refractivity contribution is -0.133. The summed E-state index contributed by atoms with van der Waals surface area (Å²) in [6, 6.07) is 10.0. The molecule has 2 amide bonds. The molecule has 0 radical (unpaired) electrons. The first-order valence-electron chi connectivity index (χ1n) is 9.77. The van der Waals surface area contributed by atoms with Gasteiger partial charge in [-0.15, -0.1) is 0 Å². The third-order valence-corrected chi connectivity index (χ3v) is 6.39. The van der Waals surface area contributed by atoms with Gasteiger partial charge in [0.15, 0.2) is 11.6 Å². The minimum absolute atomic E-state index is 0.132. The van der Waals surface area contributed by atoms with Crippen molar-refractivity contribution in [1.82, 2.24) is 4.90 Å². The molecule has 2 saturated carbocycles. The normalized spacial score (nSPS) is 26.7. The van der Waals surface area contributed by atoms with Crippen LogP contribution in [0.2, 0.25) is 5.02 Å². The lowest BCUT2D eigenvalue weighted by Crippen LogP contribution is -2.49. The van der Waals surface area contributed by atoms with Gasteiger partial charge in [0.1, 0.15) is 17.9 Å². The molecule has 1 aliphatic heterocycles. The molecule has 0 bridgehead atoms. The number of benzene rings is 2. The molecule has 2 fully saturated rings. The van der Waals surface area contributed by atoms with Crippen molar-refractivity contribution in [2.45, 2.75) is 24.9 Å². The van der Waals surface area contributed by atoms with Crippen LogP contribution in [-0.2, 0) is 9.59 Å². The highest BCUT2D eigenvalue weighted by Crippen LogP contribution is 2.59. The summed E-state index contributed by atoms with van der Waals surface area (Å²) in [5, 5.41) is 3.10. The smallest absolute Gasteiger partial charge is 0.275 e. The quantitative estimate of drug-likeness (QED) is 0.798. The highest BCUT2D eigenvalue weighted by atomic mass is 35.5. The fourth-order valence-corrected chi connectivity index (χ4v) is 4.74. The maximum atomic E-state index is 13.4. The third-order valence-electron chi connectivity index (χ3n) is 6.14. The van der Waals surface area contributed by atoms with Crippen LogP contribution < -0.4 is 5.32 Å². The highest BCUT2D eigenvalue weighted by molar-refractivity contribution is 6.47. The SMILES string of the molecule is O=C(CN1C(=O)C(c2ccc(Cl)cc2)=N[C@@]12C[C@H]1C[C@H]1C2)Nc1ccc(F)c(F)c1. The van der Waals surface area contributed by atoms with Crippen molar-refractivity contribution in [3.05, 3.63) is 64.7 Å². The van der Waals surface area contributed by atoms with Gasteiger partial charge in [-0.2, -0.15) is 0 Å². The van der Waals surface area contributed by atoms with Crippen LogP contribution >= 0.6 is 11.6 Å². The van der Waals surface area contributed by atoms with E-state index in [4.69, 9.17) is 16.6 Å². The number of nitrogens with one attached hydrogen (secondary N) is 1. The number of carbonyl (C=O) groups excluding carboxylic acids is 2. The summed E-state index contributed by atoms with van der Waals surface area (Å²) < 4.78 is 26.6. The van der Waals surface area contributed by atoms with Crippen LogP contribution in [0, 0.1) is 23.5 Å². The van der Waals surface area contributed by atoms with Crippen LogP contribution in [0.25, 0.3) is 0 Å². The summed E-state index contributed by atoms with van der Waals surface area (Å²) in [6.45, 7) is -0.210. The Morgan fingerprint density at radius 2 is 1.83 bits per heavy atom. The lowest BCUT2D eigenvalue weighted by atomic mass is 10.0. The fraction of sp³-hybridized carbons (Fsp3) is 0.318. The zero-order chi connectivity index (χ0) is 21.0. The molecule has 1 spiro atoms. The van der Waals surface area contributed by atoms with Crippen LogP contribution in [0.1, 0.15) is 24.8 Å². The zero-order valence-electron chi connectivity index (χ0n) is 15.9. The Morgan fingerprint density at radius 1 is 1.13 bits per heavy atom. The van der Waals surface area contributed by atoms with E-state index in [0.29, 0.717) is 28.1 Å². The lowest BCUT2D eigenvalue weighted by Gasteiger charge is -2.33. The van der Waals surface area contributed by atoms with Gasteiger partial charge in [-0.3, -0.25) is 14.6 Å². The molecule has 2 aromatic rings. The predicted molar refractivity (Wildman–Crippen MR) is 108 cm³/mol. The first-order valence-corrected chi connectivity index (χ1v) is 10.2. The van der Waals surface area contributed by atoms with E-state index in [9.17, 15) is 18.4 Å². The van der Waals surface area contributed by atoms with Gasteiger partial charge in [0.2, 0.25) is 5.91 Å². The Bertz CT molecular complexity index is 1080. The van der Waals surface area contributed by atoms with Crippen LogP contribution in [0.3, 0.4) is 0 Å². The molecule has 0 saturated heterocycles. The molecule has 0 aromatic heterocycles. The summed E-state index contributed by atoms with van der Waals surface area (Å²) in [4.78, 5) is 32.2. The van der Waals surface area contributed by atoms with Crippen molar-refractivity contribution >= 4 is 34.8 Å². The van der Waals surface area contributed by atoms with Gasteiger partial charge in [0.25, 0.3) is 5.91 Å². The first kappa shape index (κ1) is 19.2. The Labute approximate surface area is 176 Å². The van der Waals surface area contributed by atoms with Gasteiger partial charge < -0.3 is 10.2 Å². The number of hydrogen-bond donors (Lipinski definition) is 1. The number of anilines is 1. The maximum Gasteiger partial charge on any atom is 0.275 e. The van der Waals surface area contributed by atoms with Crippen molar-refractivity contribution in [3.63, 3.8) is 0 Å². The second-order valence-corrected chi connectivity index (χ2v) is 8.62. The van der Waals surface area contributed by atoms with E-state index >= 15 is 0 Å². The number of aliphatic imine (C=N–C) groups is 1. The van der Waals surface area contributed by atoms with E-state index < -0.39 is 23.2 Å². The standard InChI is InChI=1S/C22H18ClF2N3O2/c23-15-3-1-12(2-4-15)20-21(30)28(22(27-20)9-13-7-14(13)10-22)11-19(29)26-16-5-6-17(24)18(25)8-16/h1-6,8,13-14H,7,9-11H2,(H,26,29)/t13-,14+,22+. The van der Waals surface area contributed by atoms with E-state index in [-0.39, 0.29) is 18.1 Å². The highest BCUT2D eigenvalue weighted by Gasteiger charge is 2.60. The molecule has 5 rings (SSSR count). The fourth-order valence-electron chi connectivity index (χ4n) is 4.61. The van der Waals surface area contributed by atoms with Crippen LogP contribution in [0.4, 0.5) is 14.5 Å². The number of hydrogen-bond acceptors (Lipinski definition) is 3. The van der Waals surface area contributed by atoms with E-state index in [0.717, 1.165) is 31.4 Å². The summed E-state index contributed by atoms with van der Waals surface area (Å²) in [6.07, 6.45) is 2.61. The Kier molecular flexibility index (Phi) is 4.39. The van der Waals surface area contributed by atoms with Gasteiger partial charge >= 0.3 is 0 Å². The summed E-state index contributed by atoms with van der Waals surface area (Å²) in [5.74, 6) is -1.77. The number of nitrogens with zero attached hydrogens (tertiary/aromatic N) is 2. The van der Waals surface area contributed by atoms with Crippen LogP contribution in [-0.4, -0.2) is 34.6 Å². The Morgan fingerprint density at radius 3 is 2.50 bits per heavy atom. The van der Waals surface area contributed by atoms with Crippen LogP contribution in [0.5, 0.6) is 0 Å². The molecule has 0 unspecified atom stereocenters. The molecule has 5 nitrogen and oxygen atoms in total. The largest absolute Gasteiger partial charge is 0.324 e. The second kappa shape index (κ2) is 6.87. The molecule has 8 heteroatoms. The molecule has 2 aromatic carbocycles. The number of amides is 2. The van der Waals surface area contributed by atoms with E-state index in [2.05, 4.69) is 5.32 Å². The maximum absolute atomic E-state index is 13.4. The average molecular weight is 430 g/mol. The molecule has 3 atom stereocenters. The molecular weight excluding hydrogens is 412 g/mol. The van der Waals surface area contributed by atoms with Crippen molar-refractivity contribution in [3.8, 4) is 0 Å².